The first kappa shape index (κ1) is 20.4. The van der Waals surface area contributed by atoms with Gasteiger partial charge < -0.3 is 15.3 Å². The molecule has 1 saturated heterocycles. The van der Waals surface area contributed by atoms with Crippen LogP contribution in [0.1, 0.15) is 30.4 Å². The highest BCUT2D eigenvalue weighted by Crippen LogP contribution is 2.34. The van der Waals surface area contributed by atoms with Crippen molar-refractivity contribution in [2.75, 3.05) is 23.3 Å². The van der Waals surface area contributed by atoms with Crippen LogP contribution in [0.15, 0.2) is 30.6 Å². The standard InChI is InChI=1S/C18H19F2N5O4/c19-15(20)12-3-1-11(2-4-12)9-21-16-14(25(28)29)17(23-10-22-16)24-7-5-13(6-8-24)18(26)27/h1-4,10,13,15H,5-9H2,(H,26,27)(H,21,22,23). The zero-order chi connectivity index (χ0) is 21.0. The number of benzene rings is 1. The van der Waals surface area contributed by atoms with Crippen LogP contribution in [0.2, 0.25) is 0 Å². The van der Waals surface area contributed by atoms with E-state index in [1.807, 2.05) is 0 Å². The second kappa shape index (κ2) is 8.76. The van der Waals surface area contributed by atoms with Gasteiger partial charge in [-0.1, -0.05) is 24.3 Å². The summed E-state index contributed by atoms with van der Waals surface area (Å²) < 4.78 is 25.3. The minimum Gasteiger partial charge on any atom is -0.481 e. The van der Waals surface area contributed by atoms with Crippen molar-refractivity contribution >= 4 is 23.3 Å². The number of hydrogen-bond acceptors (Lipinski definition) is 7. The number of carbonyl (C=O) groups is 1. The van der Waals surface area contributed by atoms with E-state index in [4.69, 9.17) is 5.11 Å². The molecule has 2 aromatic rings. The van der Waals surface area contributed by atoms with Gasteiger partial charge in [0.15, 0.2) is 0 Å². The number of nitrogens with zero attached hydrogens (tertiary/aromatic N) is 4. The first-order chi connectivity index (χ1) is 13.9. The molecule has 9 nitrogen and oxygen atoms in total. The van der Waals surface area contributed by atoms with Gasteiger partial charge in [-0.2, -0.15) is 0 Å². The Morgan fingerprint density at radius 3 is 2.48 bits per heavy atom. The first-order valence-electron chi connectivity index (χ1n) is 8.94. The molecule has 29 heavy (non-hydrogen) atoms. The zero-order valence-electron chi connectivity index (χ0n) is 15.3. The molecular weight excluding hydrogens is 388 g/mol. The third kappa shape index (κ3) is 4.73. The van der Waals surface area contributed by atoms with Crippen LogP contribution in [0.5, 0.6) is 0 Å². The van der Waals surface area contributed by atoms with Crippen molar-refractivity contribution in [1.29, 1.82) is 0 Å². The molecule has 0 radical (unpaired) electrons. The number of rotatable bonds is 7. The lowest BCUT2D eigenvalue weighted by Crippen LogP contribution is -2.37. The van der Waals surface area contributed by atoms with Crippen LogP contribution in [-0.2, 0) is 11.3 Å². The quantitative estimate of drug-likeness (QED) is 0.530. The molecule has 3 rings (SSSR count). The van der Waals surface area contributed by atoms with Gasteiger partial charge in [0.2, 0.25) is 11.6 Å². The van der Waals surface area contributed by atoms with Gasteiger partial charge in [-0.3, -0.25) is 14.9 Å². The van der Waals surface area contributed by atoms with E-state index >= 15 is 0 Å². The molecule has 154 valence electrons. The molecule has 0 aliphatic carbocycles. The molecule has 0 atom stereocenters. The summed E-state index contributed by atoms with van der Waals surface area (Å²) in [5.74, 6) is -1.20. The SMILES string of the molecule is O=C(O)C1CCN(c2ncnc(NCc3ccc(C(F)F)cc3)c2[N+](=O)[O-])CC1. The fraction of sp³-hybridized carbons (Fsp3) is 0.389. The second-order valence-corrected chi connectivity index (χ2v) is 6.65. The predicted molar refractivity (Wildman–Crippen MR) is 100.0 cm³/mol. The van der Waals surface area contributed by atoms with E-state index in [0.717, 1.165) is 0 Å². The number of carboxylic acids is 1. The minimum absolute atomic E-state index is 0.0123. The van der Waals surface area contributed by atoms with E-state index in [0.29, 0.717) is 31.5 Å². The minimum atomic E-state index is -2.56. The number of nitrogens with one attached hydrogen (secondary N) is 1. The molecule has 1 fully saturated rings. The largest absolute Gasteiger partial charge is 0.481 e. The van der Waals surface area contributed by atoms with Gasteiger partial charge in [0.05, 0.1) is 10.8 Å². The van der Waals surface area contributed by atoms with Crippen molar-refractivity contribution in [3.63, 3.8) is 0 Å². The van der Waals surface area contributed by atoms with Crippen molar-refractivity contribution < 1.29 is 23.6 Å². The number of aromatic nitrogens is 2. The maximum Gasteiger partial charge on any atom is 0.353 e. The highest BCUT2D eigenvalue weighted by atomic mass is 19.3. The topological polar surface area (TPSA) is 121 Å². The monoisotopic (exact) mass is 407 g/mol. The number of piperidine rings is 1. The van der Waals surface area contributed by atoms with E-state index < -0.39 is 23.2 Å². The van der Waals surface area contributed by atoms with E-state index in [-0.39, 0.29) is 29.4 Å². The Labute approximate surface area is 164 Å². The molecule has 1 aromatic heterocycles. The van der Waals surface area contributed by atoms with E-state index in [2.05, 4.69) is 15.3 Å². The maximum absolute atomic E-state index is 12.6. The third-order valence-corrected chi connectivity index (χ3v) is 4.82. The molecule has 2 N–H and O–H groups in total. The van der Waals surface area contributed by atoms with Crippen LogP contribution in [0, 0.1) is 16.0 Å². The summed E-state index contributed by atoms with van der Waals surface area (Å²) >= 11 is 0. The number of anilines is 2. The van der Waals surface area contributed by atoms with Crippen molar-refractivity contribution in [1.82, 2.24) is 9.97 Å². The second-order valence-electron chi connectivity index (χ2n) is 6.65. The lowest BCUT2D eigenvalue weighted by molar-refractivity contribution is -0.383. The van der Waals surface area contributed by atoms with Crippen LogP contribution >= 0.6 is 0 Å². The molecule has 1 aromatic carbocycles. The Kier molecular flexibility index (Phi) is 6.15. The van der Waals surface area contributed by atoms with Gasteiger partial charge in [-0.05, 0) is 18.4 Å². The van der Waals surface area contributed by atoms with Crippen LogP contribution in [0.25, 0.3) is 0 Å². The number of carboxylic acid groups (broad SMARTS) is 1. The average molecular weight is 407 g/mol. The highest BCUT2D eigenvalue weighted by molar-refractivity contribution is 5.72. The van der Waals surface area contributed by atoms with Crippen LogP contribution < -0.4 is 10.2 Å². The Morgan fingerprint density at radius 2 is 1.93 bits per heavy atom. The summed E-state index contributed by atoms with van der Waals surface area (Å²) in [7, 11) is 0. The van der Waals surface area contributed by atoms with E-state index in [1.165, 1.54) is 30.6 Å². The number of alkyl halides is 2. The number of halogens is 2. The molecule has 2 heterocycles. The fourth-order valence-electron chi connectivity index (χ4n) is 3.20. The Bertz CT molecular complexity index is 886. The molecule has 0 saturated carbocycles. The lowest BCUT2D eigenvalue weighted by Gasteiger charge is -2.30. The Hall–Kier alpha value is -3.37. The van der Waals surface area contributed by atoms with Crippen molar-refractivity contribution in [2.45, 2.75) is 25.8 Å². The molecule has 0 amide bonds. The molecule has 1 aliphatic rings. The average Bonchev–Trinajstić information content (AvgIpc) is 2.72. The molecule has 0 bridgehead atoms. The molecular formula is C18H19F2N5O4. The normalized spacial score (nSPS) is 14.8. The maximum atomic E-state index is 12.6. The van der Waals surface area contributed by atoms with Gasteiger partial charge >= 0.3 is 11.7 Å². The van der Waals surface area contributed by atoms with Gasteiger partial charge in [-0.25, -0.2) is 18.7 Å². The van der Waals surface area contributed by atoms with Crippen molar-refractivity contribution in [3.8, 4) is 0 Å². The predicted octanol–water partition coefficient (Wildman–Crippen LogP) is 3.24. The summed E-state index contributed by atoms with van der Waals surface area (Å²) in [6.45, 7) is 0.828. The summed E-state index contributed by atoms with van der Waals surface area (Å²) in [5.41, 5.74) is 0.255. The van der Waals surface area contributed by atoms with Gasteiger partial charge in [0.25, 0.3) is 6.43 Å². The fourth-order valence-corrected chi connectivity index (χ4v) is 3.20. The summed E-state index contributed by atoms with van der Waals surface area (Å²) in [4.78, 5) is 31.9. The highest BCUT2D eigenvalue weighted by Gasteiger charge is 2.31. The van der Waals surface area contributed by atoms with Crippen LogP contribution in [0.3, 0.4) is 0 Å². The zero-order valence-corrected chi connectivity index (χ0v) is 15.3. The van der Waals surface area contributed by atoms with Gasteiger partial charge in [0, 0.05) is 25.2 Å². The number of nitro groups is 1. The van der Waals surface area contributed by atoms with Crippen LogP contribution in [-0.4, -0.2) is 39.1 Å². The molecule has 0 unspecified atom stereocenters. The molecule has 0 spiro atoms. The lowest BCUT2D eigenvalue weighted by atomic mass is 9.97. The van der Waals surface area contributed by atoms with Gasteiger partial charge in [-0.15, -0.1) is 0 Å². The van der Waals surface area contributed by atoms with E-state index in [1.54, 1.807) is 4.90 Å². The van der Waals surface area contributed by atoms with Crippen molar-refractivity contribution in [2.24, 2.45) is 5.92 Å². The first-order valence-corrected chi connectivity index (χ1v) is 8.94. The smallest absolute Gasteiger partial charge is 0.353 e. The summed E-state index contributed by atoms with van der Waals surface area (Å²) in [6.07, 6.45) is -0.618. The Morgan fingerprint density at radius 1 is 1.28 bits per heavy atom. The summed E-state index contributed by atoms with van der Waals surface area (Å²) in [5, 5.41) is 23.6. The number of aliphatic carboxylic acids is 1. The van der Waals surface area contributed by atoms with E-state index in [9.17, 15) is 23.7 Å². The number of hydrogen-bond donors (Lipinski definition) is 2. The van der Waals surface area contributed by atoms with Gasteiger partial charge in [0.1, 0.15) is 6.33 Å². The van der Waals surface area contributed by atoms with Crippen molar-refractivity contribution in [3.05, 3.63) is 51.8 Å². The Balaban J connectivity index is 1.76. The molecule has 11 heteroatoms. The van der Waals surface area contributed by atoms with Crippen LogP contribution in [0.4, 0.5) is 26.1 Å². The molecule has 1 aliphatic heterocycles. The summed E-state index contributed by atoms with van der Waals surface area (Å²) in [6, 6.07) is 5.63. The third-order valence-electron chi connectivity index (χ3n) is 4.82.